The summed E-state index contributed by atoms with van der Waals surface area (Å²) in [6, 6.07) is 8.22. The average molecular weight is 476 g/mol. The third-order valence-electron chi connectivity index (χ3n) is 4.20. The summed E-state index contributed by atoms with van der Waals surface area (Å²) in [5, 5.41) is 11.8. The average Bonchev–Trinajstić information content (AvgIpc) is 2.68. The second-order valence-corrected chi connectivity index (χ2v) is 8.20. The van der Waals surface area contributed by atoms with E-state index in [1.807, 2.05) is 0 Å². The Morgan fingerprint density at radius 1 is 1.12 bits per heavy atom. The Morgan fingerprint density at radius 2 is 1.84 bits per heavy atom. The summed E-state index contributed by atoms with van der Waals surface area (Å²) in [4.78, 5) is 11.9. The molecule has 0 aliphatic rings. The number of nitrogens with one attached hydrogen (secondary N) is 2. The van der Waals surface area contributed by atoms with Crippen LogP contribution in [0.2, 0.25) is 0 Å². The molecule has 176 valence electrons. The fraction of sp³-hybridized carbons (Fsp3) is 0.350. The van der Waals surface area contributed by atoms with Gasteiger partial charge in [-0.05, 0) is 37.6 Å². The van der Waals surface area contributed by atoms with Gasteiger partial charge in [0.25, 0.3) is 10.0 Å². The molecule has 1 amide bonds. The van der Waals surface area contributed by atoms with E-state index >= 15 is 0 Å². The summed E-state index contributed by atoms with van der Waals surface area (Å²) in [6.07, 6.45) is -4.51. The van der Waals surface area contributed by atoms with Crippen LogP contribution in [-0.2, 0) is 14.8 Å². The summed E-state index contributed by atoms with van der Waals surface area (Å²) < 4.78 is 74.3. The molecule has 2 rings (SSSR count). The quantitative estimate of drug-likeness (QED) is 0.481. The molecule has 0 spiro atoms. The molecule has 0 saturated carbocycles. The number of benzene rings is 2. The van der Waals surface area contributed by atoms with Gasteiger partial charge in [-0.15, -0.1) is 13.2 Å². The number of aliphatic hydroxyl groups is 1. The molecule has 0 saturated heterocycles. The van der Waals surface area contributed by atoms with E-state index in [0.29, 0.717) is 6.42 Å². The second kappa shape index (κ2) is 10.6. The fourth-order valence-corrected chi connectivity index (χ4v) is 3.86. The molecule has 0 heterocycles. The third kappa shape index (κ3) is 7.02. The summed E-state index contributed by atoms with van der Waals surface area (Å²) in [7, 11) is -4.26. The molecule has 0 bridgehead atoms. The topological polar surface area (TPSA) is 114 Å². The Labute approximate surface area is 183 Å². The fourth-order valence-electron chi connectivity index (χ4n) is 2.68. The summed E-state index contributed by atoms with van der Waals surface area (Å²) in [6.45, 7) is 3.14. The van der Waals surface area contributed by atoms with E-state index in [0.717, 1.165) is 12.1 Å². The Balaban J connectivity index is 2.31. The molecule has 0 radical (unpaired) electrons. The molecular formula is C20H23F3N2O6S. The van der Waals surface area contributed by atoms with Crippen molar-refractivity contribution in [3.05, 3.63) is 42.5 Å². The summed E-state index contributed by atoms with van der Waals surface area (Å²) in [5.74, 6) is -1.72. The van der Waals surface area contributed by atoms with E-state index < -0.39 is 34.0 Å². The normalized spacial score (nSPS) is 12.7. The lowest BCUT2D eigenvalue weighted by Gasteiger charge is -2.16. The van der Waals surface area contributed by atoms with Gasteiger partial charge in [-0.1, -0.05) is 13.0 Å². The minimum Gasteiger partial charge on any atom is -0.492 e. The molecule has 8 nitrogen and oxygen atoms in total. The first-order valence-electron chi connectivity index (χ1n) is 9.56. The van der Waals surface area contributed by atoms with Gasteiger partial charge in [0, 0.05) is 17.8 Å². The Bertz CT molecular complexity index is 1040. The SMILES string of the molecule is CCOc1cc(NC(=O)C(CC)CO)ccc1S(=O)(=O)Nc1cccc(OC(F)(F)F)c1. The van der Waals surface area contributed by atoms with E-state index in [4.69, 9.17) is 4.74 Å². The van der Waals surface area contributed by atoms with Crippen LogP contribution in [0.5, 0.6) is 11.5 Å². The Kier molecular flexibility index (Phi) is 8.33. The van der Waals surface area contributed by atoms with Crippen molar-refractivity contribution >= 4 is 27.3 Å². The van der Waals surface area contributed by atoms with Crippen molar-refractivity contribution in [2.24, 2.45) is 5.92 Å². The van der Waals surface area contributed by atoms with Gasteiger partial charge in [-0.25, -0.2) is 8.42 Å². The number of halogens is 3. The second-order valence-electron chi connectivity index (χ2n) is 6.55. The number of ether oxygens (including phenoxy) is 2. The number of amides is 1. The number of rotatable bonds is 10. The van der Waals surface area contributed by atoms with E-state index in [1.54, 1.807) is 13.8 Å². The Morgan fingerprint density at radius 3 is 2.44 bits per heavy atom. The highest BCUT2D eigenvalue weighted by atomic mass is 32.2. The molecular weight excluding hydrogens is 453 g/mol. The molecule has 32 heavy (non-hydrogen) atoms. The van der Waals surface area contributed by atoms with Gasteiger partial charge < -0.3 is 19.9 Å². The predicted octanol–water partition coefficient (Wildman–Crippen LogP) is 3.74. The number of sulfonamides is 1. The third-order valence-corrected chi connectivity index (χ3v) is 5.63. The van der Waals surface area contributed by atoms with Crippen molar-refractivity contribution in [3.63, 3.8) is 0 Å². The molecule has 1 unspecified atom stereocenters. The highest BCUT2D eigenvalue weighted by molar-refractivity contribution is 7.92. The van der Waals surface area contributed by atoms with E-state index in [9.17, 15) is 31.5 Å². The zero-order valence-corrected chi connectivity index (χ0v) is 18.1. The molecule has 0 fully saturated rings. The maximum absolute atomic E-state index is 12.9. The van der Waals surface area contributed by atoms with Gasteiger partial charge in [0.15, 0.2) is 0 Å². The smallest absolute Gasteiger partial charge is 0.492 e. The Hall–Kier alpha value is -2.99. The molecule has 3 N–H and O–H groups in total. The lowest BCUT2D eigenvalue weighted by molar-refractivity contribution is -0.274. The monoisotopic (exact) mass is 476 g/mol. The first-order valence-corrected chi connectivity index (χ1v) is 11.0. The van der Waals surface area contributed by atoms with E-state index in [-0.39, 0.29) is 35.2 Å². The minimum absolute atomic E-state index is 0.0717. The van der Waals surface area contributed by atoms with Crippen molar-refractivity contribution in [1.29, 1.82) is 0 Å². The van der Waals surface area contributed by atoms with Crippen LogP contribution in [0, 0.1) is 5.92 Å². The highest BCUT2D eigenvalue weighted by Gasteiger charge is 2.31. The number of carbonyl (C=O) groups is 1. The largest absolute Gasteiger partial charge is 0.573 e. The standard InChI is InChI=1S/C20H23F3N2O6S/c1-3-13(12-26)19(27)24-14-8-9-18(17(11-14)30-4-2)32(28,29)25-15-6-5-7-16(10-15)31-20(21,22)23/h5-11,13,25-26H,3-4,12H2,1-2H3,(H,24,27). The molecule has 0 aromatic heterocycles. The lowest BCUT2D eigenvalue weighted by Crippen LogP contribution is -2.25. The van der Waals surface area contributed by atoms with Crippen molar-refractivity contribution < 1.29 is 41.0 Å². The van der Waals surface area contributed by atoms with Crippen LogP contribution in [0.25, 0.3) is 0 Å². The van der Waals surface area contributed by atoms with Crippen molar-refractivity contribution in [2.45, 2.75) is 31.5 Å². The van der Waals surface area contributed by atoms with Gasteiger partial charge in [0.2, 0.25) is 5.91 Å². The molecule has 0 aliphatic carbocycles. The first kappa shape index (κ1) is 25.3. The van der Waals surface area contributed by atoms with E-state index in [2.05, 4.69) is 14.8 Å². The van der Waals surface area contributed by atoms with E-state index in [1.165, 1.54) is 30.3 Å². The van der Waals surface area contributed by atoms with Crippen LogP contribution in [0.15, 0.2) is 47.4 Å². The zero-order chi connectivity index (χ0) is 23.9. The maximum atomic E-state index is 12.9. The molecule has 12 heteroatoms. The van der Waals surface area contributed by atoms with Crippen molar-refractivity contribution in [1.82, 2.24) is 0 Å². The number of anilines is 2. The van der Waals surface area contributed by atoms with Gasteiger partial charge in [0.05, 0.1) is 24.8 Å². The molecule has 2 aromatic carbocycles. The van der Waals surface area contributed by atoms with Gasteiger partial charge in [0.1, 0.15) is 16.4 Å². The first-order chi connectivity index (χ1) is 15.0. The van der Waals surface area contributed by atoms with Crippen LogP contribution in [-0.4, -0.2) is 39.0 Å². The number of carbonyl (C=O) groups excluding carboxylic acids is 1. The number of hydrogen-bond donors (Lipinski definition) is 3. The van der Waals surface area contributed by atoms with Gasteiger partial charge in [-0.2, -0.15) is 0 Å². The van der Waals surface area contributed by atoms with Crippen LogP contribution in [0.4, 0.5) is 24.5 Å². The minimum atomic E-state index is -4.92. The number of hydrogen-bond acceptors (Lipinski definition) is 6. The zero-order valence-electron chi connectivity index (χ0n) is 17.3. The van der Waals surface area contributed by atoms with Crippen LogP contribution >= 0.6 is 0 Å². The summed E-state index contributed by atoms with van der Waals surface area (Å²) >= 11 is 0. The molecule has 2 aromatic rings. The predicted molar refractivity (Wildman–Crippen MR) is 111 cm³/mol. The molecule has 1 atom stereocenters. The summed E-state index contributed by atoms with van der Waals surface area (Å²) in [5.41, 5.74) is 0.102. The highest BCUT2D eigenvalue weighted by Crippen LogP contribution is 2.31. The lowest BCUT2D eigenvalue weighted by atomic mass is 10.1. The molecule has 0 aliphatic heterocycles. The van der Waals surface area contributed by atoms with Crippen LogP contribution in [0.1, 0.15) is 20.3 Å². The van der Waals surface area contributed by atoms with Crippen molar-refractivity contribution in [3.8, 4) is 11.5 Å². The van der Waals surface area contributed by atoms with Crippen LogP contribution < -0.4 is 19.5 Å². The number of alkyl halides is 3. The maximum Gasteiger partial charge on any atom is 0.573 e. The van der Waals surface area contributed by atoms with Gasteiger partial charge in [-0.3, -0.25) is 9.52 Å². The van der Waals surface area contributed by atoms with Crippen LogP contribution in [0.3, 0.4) is 0 Å². The number of aliphatic hydroxyl groups excluding tert-OH is 1. The van der Waals surface area contributed by atoms with Crippen molar-refractivity contribution in [2.75, 3.05) is 23.3 Å². The van der Waals surface area contributed by atoms with Gasteiger partial charge >= 0.3 is 6.36 Å².